The first kappa shape index (κ1) is 13.3. The first-order valence-electron chi connectivity index (χ1n) is 5.54. The molecule has 5 nitrogen and oxygen atoms in total. The molecule has 0 spiro atoms. The van der Waals surface area contributed by atoms with Crippen LogP contribution in [0.3, 0.4) is 0 Å². The summed E-state index contributed by atoms with van der Waals surface area (Å²) in [6.07, 6.45) is 0. The van der Waals surface area contributed by atoms with Gasteiger partial charge < -0.3 is 14.2 Å². The molecule has 3 atom stereocenters. The predicted molar refractivity (Wildman–Crippen MR) is 65.7 cm³/mol. The van der Waals surface area contributed by atoms with Crippen molar-refractivity contribution in [3.05, 3.63) is 35.9 Å². The summed E-state index contributed by atoms with van der Waals surface area (Å²) in [6.45, 7) is 0. The van der Waals surface area contributed by atoms with E-state index in [4.69, 9.17) is 9.05 Å². The summed E-state index contributed by atoms with van der Waals surface area (Å²) in [7, 11) is -0.792. The van der Waals surface area contributed by atoms with Crippen molar-refractivity contribution in [2.24, 2.45) is 5.92 Å². The van der Waals surface area contributed by atoms with Crippen LogP contribution in [0.2, 0.25) is 0 Å². The summed E-state index contributed by atoms with van der Waals surface area (Å²) in [5.41, 5.74) is 0.247. The molecule has 1 saturated carbocycles. The van der Waals surface area contributed by atoms with Crippen LogP contribution in [-0.2, 0) is 18.4 Å². The monoisotopic (exact) mass is 270 g/mol. The number of hydrogen-bond acceptors (Lipinski definition) is 4. The highest BCUT2D eigenvalue weighted by Gasteiger charge is 2.65. The second-order valence-electron chi connectivity index (χ2n) is 4.20. The number of carboxylic acid groups (broad SMARTS) is 1. The Kier molecular flexibility index (Phi) is 3.57. The summed E-state index contributed by atoms with van der Waals surface area (Å²) < 4.78 is 22.1. The van der Waals surface area contributed by atoms with Gasteiger partial charge in [-0.15, -0.1) is 0 Å². The quantitative estimate of drug-likeness (QED) is 0.831. The van der Waals surface area contributed by atoms with Gasteiger partial charge in [0.2, 0.25) is 0 Å². The van der Waals surface area contributed by atoms with Crippen LogP contribution in [-0.4, -0.2) is 31.0 Å². The summed E-state index contributed by atoms with van der Waals surface area (Å²) in [5, 5.41) is 9.18. The fraction of sp³-hybridized carbons (Fsp3) is 0.417. The molecule has 0 saturated heterocycles. The van der Waals surface area contributed by atoms with Gasteiger partial charge in [-0.25, -0.2) is 0 Å². The molecule has 1 aliphatic carbocycles. The van der Waals surface area contributed by atoms with E-state index in [1.54, 1.807) is 0 Å². The Bertz CT molecular complexity index is 479. The van der Waals surface area contributed by atoms with Gasteiger partial charge in [-0.3, -0.25) is 9.36 Å². The van der Waals surface area contributed by atoms with E-state index < -0.39 is 25.1 Å². The topological polar surface area (TPSA) is 72.8 Å². The van der Waals surface area contributed by atoms with E-state index in [1.807, 2.05) is 30.3 Å². The van der Waals surface area contributed by atoms with Crippen molar-refractivity contribution in [1.29, 1.82) is 0 Å². The van der Waals surface area contributed by atoms with E-state index in [0.717, 1.165) is 5.56 Å². The molecule has 1 N–H and O–H groups in total. The minimum Gasteiger partial charge on any atom is -0.481 e. The normalized spacial score (nSPS) is 26.9. The van der Waals surface area contributed by atoms with E-state index in [0.29, 0.717) is 0 Å². The molecule has 1 fully saturated rings. The maximum atomic E-state index is 12.3. The summed E-state index contributed by atoms with van der Waals surface area (Å²) in [6, 6.07) is 9.16. The maximum absolute atomic E-state index is 12.3. The number of benzene rings is 1. The predicted octanol–water partition coefficient (Wildman–Crippen LogP) is 2.34. The van der Waals surface area contributed by atoms with Gasteiger partial charge in [-0.2, -0.15) is 0 Å². The SMILES string of the molecule is COP(=O)(OC)[C@H]1[C@H](C(=O)O)[C@H]1c1ccccc1. The molecule has 0 aromatic heterocycles. The Morgan fingerprint density at radius 3 is 2.22 bits per heavy atom. The van der Waals surface area contributed by atoms with Gasteiger partial charge in [0.15, 0.2) is 0 Å². The highest BCUT2D eigenvalue weighted by atomic mass is 31.2. The minimum atomic E-state index is -3.35. The summed E-state index contributed by atoms with van der Waals surface area (Å²) in [5.74, 6) is -1.99. The van der Waals surface area contributed by atoms with Crippen LogP contribution in [0.5, 0.6) is 0 Å². The number of rotatable bonds is 5. The molecule has 0 unspecified atom stereocenters. The molecule has 0 heterocycles. The van der Waals surface area contributed by atoms with Crippen molar-refractivity contribution in [2.75, 3.05) is 14.2 Å². The number of aliphatic carboxylic acids is 1. The molecular formula is C12H15O5P. The van der Waals surface area contributed by atoms with Gasteiger partial charge in [0.05, 0.1) is 11.6 Å². The number of carbonyl (C=O) groups is 1. The minimum absolute atomic E-state index is 0.311. The fourth-order valence-corrected chi connectivity index (χ4v) is 4.38. The Morgan fingerprint density at radius 2 is 1.78 bits per heavy atom. The Balaban J connectivity index is 2.32. The maximum Gasteiger partial charge on any atom is 0.334 e. The number of hydrogen-bond donors (Lipinski definition) is 1. The van der Waals surface area contributed by atoms with Gasteiger partial charge in [0, 0.05) is 20.1 Å². The molecule has 98 valence electrons. The van der Waals surface area contributed by atoms with Gasteiger partial charge in [-0.1, -0.05) is 30.3 Å². The molecule has 1 aromatic rings. The van der Waals surface area contributed by atoms with E-state index in [1.165, 1.54) is 14.2 Å². The molecule has 0 aliphatic heterocycles. The van der Waals surface area contributed by atoms with Gasteiger partial charge in [-0.05, 0) is 5.56 Å². The highest BCUT2D eigenvalue weighted by Crippen LogP contribution is 2.70. The molecule has 6 heteroatoms. The molecule has 0 amide bonds. The van der Waals surface area contributed by atoms with Crippen molar-refractivity contribution < 1.29 is 23.5 Å². The lowest BCUT2D eigenvalue weighted by molar-refractivity contribution is -0.138. The highest BCUT2D eigenvalue weighted by molar-refractivity contribution is 7.55. The van der Waals surface area contributed by atoms with Crippen LogP contribution in [0.4, 0.5) is 0 Å². The van der Waals surface area contributed by atoms with Crippen molar-refractivity contribution >= 4 is 13.6 Å². The Hall–Kier alpha value is -1.16. The van der Waals surface area contributed by atoms with Crippen molar-refractivity contribution in [2.45, 2.75) is 11.6 Å². The zero-order valence-electron chi connectivity index (χ0n) is 10.1. The summed E-state index contributed by atoms with van der Waals surface area (Å²) in [4.78, 5) is 11.2. The average molecular weight is 270 g/mol. The second-order valence-corrected chi connectivity index (χ2v) is 6.60. The van der Waals surface area contributed by atoms with E-state index in [-0.39, 0.29) is 5.92 Å². The molecule has 18 heavy (non-hydrogen) atoms. The van der Waals surface area contributed by atoms with Crippen LogP contribution in [0.1, 0.15) is 11.5 Å². The molecule has 1 aromatic carbocycles. The smallest absolute Gasteiger partial charge is 0.334 e. The van der Waals surface area contributed by atoms with Gasteiger partial charge >= 0.3 is 13.6 Å². The van der Waals surface area contributed by atoms with Crippen LogP contribution >= 0.6 is 7.60 Å². The second kappa shape index (κ2) is 4.84. The largest absolute Gasteiger partial charge is 0.481 e. The lowest BCUT2D eigenvalue weighted by atomic mass is 10.1. The van der Waals surface area contributed by atoms with Crippen LogP contribution in [0.25, 0.3) is 0 Å². The third kappa shape index (κ3) is 2.09. The van der Waals surface area contributed by atoms with Crippen molar-refractivity contribution in [3.63, 3.8) is 0 Å². The van der Waals surface area contributed by atoms with Gasteiger partial charge in [0.25, 0.3) is 0 Å². The Labute approximate surface area is 105 Å². The molecule has 2 rings (SSSR count). The van der Waals surface area contributed by atoms with Crippen LogP contribution in [0, 0.1) is 5.92 Å². The lowest BCUT2D eigenvalue weighted by Crippen LogP contribution is -2.04. The Morgan fingerprint density at radius 1 is 1.22 bits per heavy atom. The van der Waals surface area contributed by atoms with Gasteiger partial charge in [0.1, 0.15) is 0 Å². The fourth-order valence-electron chi connectivity index (χ4n) is 2.39. The molecular weight excluding hydrogens is 255 g/mol. The molecule has 0 bridgehead atoms. The van der Waals surface area contributed by atoms with Crippen LogP contribution in [0.15, 0.2) is 30.3 Å². The number of carboxylic acids is 1. The zero-order valence-corrected chi connectivity index (χ0v) is 11.0. The first-order chi connectivity index (χ1) is 8.55. The average Bonchev–Trinajstić information content (AvgIpc) is 3.15. The zero-order chi connectivity index (χ0) is 13.3. The summed E-state index contributed by atoms with van der Waals surface area (Å²) >= 11 is 0. The standard InChI is InChI=1S/C12H15O5P/c1-16-18(15,17-2)11-9(10(11)12(13)14)8-6-4-3-5-7-8/h3-7,9-11H,1-2H3,(H,13,14)/t9-,10-,11-/m1/s1. The van der Waals surface area contributed by atoms with Crippen molar-refractivity contribution in [3.8, 4) is 0 Å². The van der Waals surface area contributed by atoms with E-state index >= 15 is 0 Å². The third-order valence-electron chi connectivity index (χ3n) is 3.33. The first-order valence-corrected chi connectivity index (χ1v) is 7.15. The third-order valence-corrected chi connectivity index (χ3v) is 5.72. The van der Waals surface area contributed by atoms with Crippen molar-refractivity contribution in [1.82, 2.24) is 0 Å². The van der Waals surface area contributed by atoms with E-state index in [2.05, 4.69) is 0 Å². The molecule has 1 aliphatic rings. The van der Waals surface area contributed by atoms with Crippen LogP contribution < -0.4 is 0 Å². The van der Waals surface area contributed by atoms with E-state index in [9.17, 15) is 14.5 Å². The molecule has 0 radical (unpaired) electrons. The lowest BCUT2D eigenvalue weighted by Gasteiger charge is -2.13.